The van der Waals surface area contributed by atoms with Crippen molar-refractivity contribution in [2.45, 2.75) is 58.3 Å². The summed E-state index contributed by atoms with van der Waals surface area (Å²) in [6.07, 6.45) is 4.00. The van der Waals surface area contributed by atoms with Gasteiger partial charge in [-0.15, -0.1) is 24.0 Å². The van der Waals surface area contributed by atoms with E-state index in [4.69, 9.17) is 4.74 Å². The maximum atomic E-state index is 5.48. The molecule has 2 heterocycles. The van der Waals surface area contributed by atoms with Gasteiger partial charge in [0, 0.05) is 51.9 Å². The second-order valence-corrected chi connectivity index (χ2v) is 8.40. The summed E-state index contributed by atoms with van der Waals surface area (Å²) in [5, 5.41) is 7.04. The topological polar surface area (TPSA) is 52.1 Å². The largest absolute Gasteiger partial charge is 0.379 e. The number of piperidine rings is 1. The molecular weight excluding hydrogens is 489 g/mol. The molecule has 2 aliphatic rings. The van der Waals surface area contributed by atoms with Gasteiger partial charge in [0.25, 0.3) is 0 Å². The van der Waals surface area contributed by atoms with E-state index < -0.39 is 0 Å². The Balaban J connectivity index is 0.00000320. The van der Waals surface area contributed by atoms with Crippen LogP contribution in [0.5, 0.6) is 0 Å². The summed E-state index contributed by atoms with van der Waals surface area (Å²) in [4.78, 5) is 9.53. The molecule has 1 aromatic rings. The first-order chi connectivity index (χ1) is 14.2. The van der Waals surface area contributed by atoms with Crippen molar-refractivity contribution in [3.8, 4) is 0 Å². The fourth-order valence-corrected chi connectivity index (χ4v) is 4.42. The second kappa shape index (κ2) is 13.5. The SMILES string of the molecule is CN=C(NCc1ccccc1CN1CCOCC1)NCC(C)N1CCCCC1C.I. The van der Waals surface area contributed by atoms with Crippen molar-refractivity contribution >= 4 is 29.9 Å². The Morgan fingerprint density at radius 1 is 1.13 bits per heavy atom. The third-order valence-electron chi connectivity index (χ3n) is 6.27. The number of hydrogen-bond acceptors (Lipinski definition) is 4. The van der Waals surface area contributed by atoms with E-state index in [1.165, 1.54) is 36.9 Å². The summed E-state index contributed by atoms with van der Waals surface area (Å²) < 4.78 is 5.48. The highest BCUT2D eigenvalue weighted by atomic mass is 127. The molecule has 0 radical (unpaired) electrons. The number of nitrogens with one attached hydrogen (secondary N) is 2. The first-order valence-electron chi connectivity index (χ1n) is 11.2. The summed E-state index contributed by atoms with van der Waals surface area (Å²) in [7, 11) is 1.85. The second-order valence-electron chi connectivity index (χ2n) is 8.40. The predicted molar refractivity (Wildman–Crippen MR) is 136 cm³/mol. The number of likely N-dealkylation sites (tertiary alicyclic amines) is 1. The molecule has 170 valence electrons. The van der Waals surface area contributed by atoms with Gasteiger partial charge in [0.1, 0.15) is 0 Å². The standard InChI is InChI=1S/C23H39N5O.HI/c1-19-8-6-7-11-28(19)20(2)16-25-23(24-3)26-17-21-9-4-5-10-22(21)18-27-12-14-29-15-13-27;/h4-5,9-10,19-20H,6-8,11-18H2,1-3H3,(H2,24,25,26);1H. The van der Waals surface area contributed by atoms with Crippen molar-refractivity contribution < 1.29 is 4.74 Å². The van der Waals surface area contributed by atoms with Gasteiger partial charge in [0.2, 0.25) is 0 Å². The van der Waals surface area contributed by atoms with Gasteiger partial charge in [0.05, 0.1) is 13.2 Å². The van der Waals surface area contributed by atoms with Crippen LogP contribution < -0.4 is 10.6 Å². The number of nitrogens with zero attached hydrogens (tertiary/aromatic N) is 3. The van der Waals surface area contributed by atoms with Gasteiger partial charge in [-0.3, -0.25) is 14.8 Å². The molecule has 2 N–H and O–H groups in total. The highest BCUT2D eigenvalue weighted by molar-refractivity contribution is 14.0. The summed E-state index contributed by atoms with van der Waals surface area (Å²) in [5.41, 5.74) is 2.72. The number of guanidine groups is 1. The molecule has 0 bridgehead atoms. The monoisotopic (exact) mass is 529 g/mol. The number of hydrogen-bond donors (Lipinski definition) is 2. The van der Waals surface area contributed by atoms with E-state index in [0.29, 0.717) is 12.1 Å². The molecule has 2 saturated heterocycles. The number of benzene rings is 1. The Hall–Kier alpha value is -0.900. The Kier molecular flexibility index (Phi) is 11.4. The molecule has 2 unspecified atom stereocenters. The first-order valence-corrected chi connectivity index (χ1v) is 11.2. The van der Waals surface area contributed by atoms with Crippen molar-refractivity contribution in [3.63, 3.8) is 0 Å². The number of ether oxygens (including phenoxy) is 1. The van der Waals surface area contributed by atoms with Crippen LogP contribution >= 0.6 is 24.0 Å². The Morgan fingerprint density at radius 2 is 1.87 bits per heavy atom. The van der Waals surface area contributed by atoms with Gasteiger partial charge in [0.15, 0.2) is 5.96 Å². The quantitative estimate of drug-likeness (QED) is 0.323. The van der Waals surface area contributed by atoms with Crippen LogP contribution in [0, 0.1) is 0 Å². The van der Waals surface area contributed by atoms with Crippen LogP contribution in [0.1, 0.15) is 44.2 Å². The van der Waals surface area contributed by atoms with Crippen molar-refractivity contribution in [2.75, 3.05) is 46.4 Å². The zero-order chi connectivity index (χ0) is 20.5. The lowest BCUT2D eigenvalue weighted by Gasteiger charge is -2.38. The molecule has 0 amide bonds. The van der Waals surface area contributed by atoms with Crippen LogP contribution in [0.25, 0.3) is 0 Å². The number of aliphatic imine (C=N–C) groups is 1. The Bertz CT molecular complexity index is 650. The molecule has 2 atom stereocenters. The van der Waals surface area contributed by atoms with Crippen LogP contribution in [0.3, 0.4) is 0 Å². The predicted octanol–water partition coefficient (Wildman–Crippen LogP) is 3.06. The number of halogens is 1. The first kappa shape index (κ1) is 25.4. The molecule has 0 aromatic heterocycles. The Morgan fingerprint density at radius 3 is 2.57 bits per heavy atom. The lowest BCUT2D eigenvalue weighted by Crippen LogP contribution is -2.50. The van der Waals surface area contributed by atoms with E-state index in [1.807, 2.05) is 7.05 Å². The van der Waals surface area contributed by atoms with Gasteiger partial charge in [-0.05, 0) is 44.4 Å². The minimum atomic E-state index is 0. The van der Waals surface area contributed by atoms with Crippen molar-refractivity contribution in [1.29, 1.82) is 0 Å². The zero-order valence-electron chi connectivity index (χ0n) is 18.9. The summed E-state index contributed by atoms with van der Waals surface area (Å²) in [6, 6.07) is 9.90. The van der Waals surface area contributed by atoms with Crippen molar-refractivity contribution in [1.82, 2.24) is 20.4 Å². The maximum Gasteiger partial charge on any atom is 0.191 e. The van der Waals surface area contributed by atoms with Crippen LogP contribution in [0.2, 0.25) is 0 Å². The summed E-state index contributed by atoms with van der Waals surface area (Å²) in [5.74, 6) is 0.877. The zero-order valence-corrected chi connectivity index (χ0v) is 21.2. The van der Waals surface area contributed by atoms with Gasteiger partial charge in [-0.2, -0.15) is 0 Å². The normalized spacial score (nSPS) is 22.2. The summed E-state index contributed by atoms with van der Waals surface area (Å²) >= 11 is 0. The fourth-order valence-electron chi connectivity index (χ4n) is 4.42. The molecule has 6 nitrogen and oxygen atoms in total. The average molecular weight is 530 g/mol. The molecule has 30 heavy (non-hydrogen) atoms. The van der Waals surface area contributed by atoms with Gasteiger partial charge in [-0.25, -0.2) is 0 Å². The van der Waals surface area contributed by atoms with E-state index >= 15 is 0 Å². The van der Waals surface area contributed by atoms with Crippen molar-refractivity contribution in [2.24, 2.45) is 4.99 Å². The van der Waals surface area contributed by atoms with Gasteiger partial charge >= 0.3 is 0 Å². The van der Waals surface area contributed by atoms with E-state index in [9.17, 15) is 0 Å². The summed E-state index contributed by atoms with van der Waals surface area (Å²) in [6.45, 7) is 12.3. The van der Waals surface area contributed by atoms with E-state index in [0.717, 1.165) is 51.9 Å². The average Bonchev–Trinajstić information content (AvgIpc) is 2.76. The molecule has 2 fully saturated rings. The van der Waals surface area contributed by atoms with Crippen LogP contribution in [-0.2, 0) is 17.8 Å². The van der Waals surface area contributed by atoms with Gasteiger partial charge < -0.3 is 15.4 Å². The molecule has 0 aliphatic carbocycles. The molecule has 2 aliphatic heterocycles. The maximum absolute atomic E-state index is 5.48. The molecule has 0 saturated carbocycles. The minimum Gasteiger partial charge on any atom is -0.379 e. The molecular formula is C23H40IN5O. The fraction of sp³-hybridized carbons (Fsp3) is 0.696. The van der Waals surface area contributed by atoms with E-state index in [-0.39, 0.29) is 24.0 Å². The third kappa shape index (κ3) is 7.66. The molecule has 0 spiro atoms. The van der Waals surface area contributed by atoms with Crippen molar-refractivity contribution in [3.05, 3.63) is 35.4 Å². The molecule has 7 heteroatoms. The highest BCUT2D eigenvalue weighted by Gasteiger charge is 2.23. The lowest BCUT2D eigenvalue weighted by molar-refractivity contribution is 0.0341. The number of rotatable bonds is 7. The molecule has 3 rings (SSSR count). The van der Waals surface area contributed by atoms with E-state index in [2.05, 4.69) is 63.5 Å². The molecule has 1 aromatic carbocycles. The van der Waals surface area contributed by atoms with E-state index in [1.54, 1.807) is 0 Å². The van der Waals surface area contributed by atoms with Crippen LogP contribution in [0.15, 0.2) is 29.3 Å². The lowest BCUT2D eigenvalue weighted by atomic mass is 10.0. The highest BCUT2D eigenvalue weighted by Crippen LogP contribution is 2.18. The van der Waals surface area contributed by atoms with Gasteiger partial charge in [-0.1, -0.05) is 30.7 Å². The van der Waals surface area contributed by atoms with Crippen LogP contribution in [-0.4, -0.2) is 74.3 Å². The number of morpholine rings is 1. The third-order valence-corrected chi connectivity index (χ3v) is 6.27. The smallest absolute Gasteiger partial charge is 0.191 e. The minimum absolute atomic E-state index is 0. The van der Waals surface area contributed by atoms with Crippen LogP contribution in [0.4, 0.5) is 0 Å². The Labute approximate surface area is 199 Å².